The Balaban J connectivity index is 1.42. The lowest BCUT2D eigenvalue weighted by atomic mass is 10.0. The number of anilines is 1. The maximum absolute atomic E-state index is 13.4. The van der Waals surface area contributed by atoms with E-state index in [1.54, 1.807) is 0 Å². The van der Waals surface area contributed by atoms with E-state index in [2.05, 4.69) is 49.5 Å². The van der Waals surface area contributed by atoms with E-state index < -0.39 is 0 Å². The van der Waals surface area contributed by atoms with Crippen molar-refractivity contribution in [1.29, 1.82) is 0 Å². The molecular weight excluding hydrogens is 420 g/mol. The van der Waals surface area contributed by atoms with Crippen LogP contribution in [-0.4, -0.2) is 11.8 Å². The molecule has 34 heavy (non-hydrogen) atoms. The first-order valence-electron chi connectivity index (χ1n) is 12.3. The number of carbonyl (C=O) groups excluding carboxylic acids is 2. The maximum Gasteiger partial charge on any atom is 0.230 e. The number of rotatable bonds is 8. The van der Waals surface area contributed by atoms with E-state index in [1.807, 2.05) is 47.4 Å². The van der Waals surface area contributed by atoms with Crippen molar-refractivity contribution >= 4 is 17.5 Å². The largest absolute Gasteiger partial charge is 0.352 e. The van der Waals surface area contributed by atoms with E-state index in [-0.39, 0.29) is 17.7 Å². The highest BCUT2D eigenvalue weighted by atomic mass is 16.2. The monoisotopic (exact) mass is 454 g/mol. The first-order valence-corrected chi connectivity index (χ1v) is 12.3. The standard InChI is InChI=1S/C30H34N2O2/c1-22-10-12-25(13-11-22)20-31-29(33)19-24-14-16-28(17-15-24)32(30(34)27-8-3-4-9-27)21-26-7-5-6-23(2)18-26/h5-7,10-18,27H,3-4,8-9,19-21H2,1-2H3,(H,31,33). The fourth-order valence-electron chi connectivity index (χ4n) is 4.63. The molecule has 3 aromatic rings. The molecule has 176 valence electrons. The molecule has 0 aliphatic heterocycles. The topological polar surface area (TPSA) is 49.4 Å². The smallest absolute Gasteiger partial charge is 0.230 e. The summed E-state index contributed by atoms with van der Waals surface area (Å²) in [6.45, 7) is 5.21. The van der Waals surface area contributed by atoms with Crippen LogP contribution in [0, 0.1) is 19.8 Å². The number of hydrogen-bond donors (Lipinski definition) is 1. The van der Waals surface area contributed by atoms with Gasteiger partial charge in [-0.2, -0.15) is 0 Å². The van der Waals surface area contributed by atoms with Crippen molar-refractivity contribution in [2.45, 2.75) is 59.0 Å². The van der Waals surface area contributed by atoms with Gasteiger partial charge < -0.3 is 10.2 Å². The summed E-state index contributed by atoms with van der Waals surface area (Å²) >= 11 is 0. The van der Waals surface area contributed by atoms with Gasteiger partial charge >= 0.3 is 0 Å². The molecule has 4 heteroatoms. The zero-order chi connectivity index (χ0) is 23.9. The van der Waals surface area contributed by atoms with Crippen LogP contribution in [0.4, 0.5) is 5.69 Å². The summed E-state index contributed by atoms with van der Waals surface area (Å²) in [4.78, 5) is 27.8. The maximum atomic E-state index is 13.4. The van der Waals surface area contributed by atoms with Crippen LogP contribution in [0.3, 0.4) is 0 Å². The van der Waals surface area contributed by atoms with E-state index in [1.165, 1.54) is 11.1 Å². The Morgan fingerprint density at radius 3 is 2.18 bits per heavy atom. The molecule has 1 fully saturated rings. The average molecular weight is 455 g/mol. The normalized spacial score (nSPS) is 13.6. The quantitative estimate of drug-likeness (QED) is 0.462. The van der Waals surface area contributed by atoms with Crippen LogP contribution in [-0.2, 0) is 29.1 Å². The third-order valence-corrected chi connectivity index (χ3v) is 6.62. The third-order valence-electron chi connectivity index (χ3n) is 6.62. The minimum Gasteiger partial charge on any atom is -0.352 e. The van der Waals surface area contributed by atoms with E-state index in [4.69, 9.17) is 0 Å². The minimum atomic E-state index is -0.00743. The number of amides is 2. The van der Waals surface area contributed by atoms with Crippen LogP contribution in [0.2, 0.25) is 0 Å². The molecule has 1 saturated carbocycles. The van der Waals surface area contributed by atoms with E-state index in [0.29, 0.717) is 19.5 Å². The Morgan fingerprint density at radius 1 is 0.824 bits per heavy atom. The molecular formula is C30H34N2O2. The molecule has 0 heterocycles. The Kier molecular flexibility index (Phi) is 7.79. The minimum absolute atomic E-state index is 0.00743. The number of aryl methyl sites for hydroxylation is 2. The number of nitrogens with one attached hydrogen (secondary N) is 1. The van der Waals surface area contributed by atoms with Crippen molar-refractivity contribution in [3.8, 4) is 0 Å². The van der Waals surface area contributed by atoms with Gasteiger partial charge in [-0.25, -0.2) is 0 Å². The molecule has 0 aromatic heterocycles. The number of nitrogens with zero attached hydrogens (tertiary/aromatic N) is 1. The summed E-state index contributed by atoms with van der Waals surface area (Å²) in [5.41, 5.74) is 6.45. The molecule has 3 aromatic carbocycles. The molecule has 4 rings (SSSR count). The summed E-state index contributed by atoms with van der Waals surface area (Å²) in [7, 11) is 0. The molecule has 1 N–H and O–H groups in total. The van der Waals surface area contributed by atoms with Gasteiger partial charge in [0.1, 0.15) is 0 Å². The summed E-state index contributed by atoms with van der Waals surface area (Å²) in [6, 6.07) is 24.4. The zero-order valence-electron chi connectivity index (χ0n) is 20.2. The summed E-state index contributed by atoms with van der Waals surface area (Å²) < 4.78 is 0. The van der Waals surface area contributed by atoms with Crippen LogP contribution in [0.1, 0.15) is 53.5 Å². The van der Waals surface area contributed by atoms with E-state index in [0.717, 1.165) is 48.1 Å². The average Bonchev–Trinajstić information content (AvgIpc) is 3.38. The molecule has 1 aliphatic rings. The van der Waals surface area contributed by atoms with Gasteiger partial charge in [0.15, 0.2) is 0 Å². The SMILES string of the molecule is Cc1ccc(CNC(=O)Cc2ccc(N(Cc3cccc(C)c3)C(=O)C3CCCC3)cc2)cc1. The molecule has 0 unspecified atom stereocenters. The zero-order valence-corrected chi connectivity index (χ0v) is 20.2. The molecule has 4 nitrogen and oxygen atoms in total. The molecule has 0 radical (unpaired) electrons. The first kappa shape index (κ1) is 23.7. The third kappa shape index (κ3) is 6.34. The number of benzene rings is 3. The fourth-order valence-corrected chi connectivity index (χ4v) is 4.63. The second kappa shape index (κ2) is 11.1. The molecule has 0 saturated heterocycles. The Bertz CT molecular complexity index is 1110. The molecule has 0 bridgehead atoms. The molecule has 0 atom stereocenters. The summed E-state index contributed by atoms with van der Waals surface area (Å²) in [5.74, 6) is 0.312. The van der Waals surface area contributed by atoms with E-state index in [9.17, 15) is 9.59 Å². The van der Waals surface area contributed by atoms with Gasteiger partial charge in [0.2, 0.25) is 11.8 Å². The van der Waals surface area contributed by atoms with Gasteiger partial charge in [0, 0.05) is 18.2 Å². The second-order valence-corrected chi connectivity index (χ2v) is 9.50. The first-order chi connectivity index (χ1) is 16.5. The fraction of sp³-hybridized carbons (Fsp3) is 0.333. The highest BCUT2D eigenvalue weighted by Gasteiger charge is 2.28. The molecule has 0 spiro atoms. The lowest BCUT2D eigenvalue weighted by molar-refractivity contribution is -0.122. The summed E-state index contributed by atoms with van der Waals surface area (Å²) in [6.07, 6.45) is 4.53. The predicted octanol–water partition coefficient (Wildman–Crippen LogP) is 5.89. The van der Waals surface area contributed by atoms with Gasteiger partial charge in [-0.15, -0.1) is 0 Å². The lowest BCUT2D eigenvalue weighted by Crippen LogP contribution is -2.35. The van der Waals surface area contributed by atoms with Crippen LogP contribution in [0.15, 0.2) is 72.8 Å². The van der Waals surface area contributed by atoms with Gasteiger partial charge in [-0.3, -0.25) is 9.59 Å². The van der Waals surface area contributed by atoms with Crippen LogP contribution < -0.4 is 10.2 Å². The Labute approximate surface area is 203 Å². The van der Waals surface area contributed by atoms with Gasteiger partial charge in [-0.1, -0.05) is 84.6 Å². The van der Waals surface area contributed by atoms with Crippen LogP contribution >= 0.6 is 0 Å². The highest BCUT2D eigenvalue weighted by molar-refractivity contribution is 5.95. The van der Waals surface area contributed by atoms with Crippen molar-refractivity contribution in [3.05, 3.63) is 101 Å². The predicted molar refractivity (Wildman–Crippen MR) is 137 cm³/mol. The lowest BCUT2D eigenvalue weighted by Gasteiger charge is -2.26. The van der Waals surface area contributed by atoms with Gasteiger partial charge in [-0.05, 0) is 55.5 Å². The van der Waals surface area contributed by atoms with Crippen LogP contribution in [0.25, 0.3) is 0 Å². The summed E-state index contributed by atoms with van der Waals surface area (Å²) in [5, 5.41) is 2.99. The van der Waals surface area contributed by atoms with Crippen molar-refractivity contribution < 1.29 is 9.59 Å². The van der Waals surface area contributed by atoms with Crippen molar-refractivity contribution in [2.24, 2.45) is 5.92 Å². The highest BCUT2D eigenvalue weighted by Crippen LogP contribution is 2.30. The second-order valence-electron chi connectivity index (χ2n) is 9.50. The molecule has 2 amide bonds. The molecule has 1 aliphatic carbocycles. The Hall–Kier alpha value is -3.40. The number of carbonyl (C=O) groups is 2. The van der Waals surface area contributed by atoms with Crippen molar-refractivity contribution in [3.63, 3.8) is 0 Å². The van der Waals surface area contributed by atoms with E-state index >= 15 is 0 Å². The van der Waals surface area contributed by atoms with Crippen LogP contribution in [0.5, 0.6) is 0 Å². The number of hydrogen-bond acceptors (Lipinski definition) is 2. The van der Waals surface area contributed by atoms with Crippen molar-refractivity contribution in [2.75, 3.05) is 4.90 Å². The Morgan fingerprint density at radius 2 is 1.50 bits per heavy atom. The van der Waals surface area contributed by atoms with Gasteiger partial charge in [0.05, 0.1) is 13.0 Å². The van der Waals surface area contributed by atoms with Crippen molar-refractivity contribution in [1.82, 2.24) is 5.32 Å². The van der Waals surface area contributed by atoms with Gasteiger partial charge in [0.25, 0.3) is 0 Å².